The molecule has 0 unspecified atom stereocenters. The van der Waals surface area contributed by atoms with Crippen molar-refractivity contribution in [1.29, 1.82) is 0 Å². The number of hydrogen-bond donors (Lipinski definition) is 2. The van der Waals surface area contributed by atoms with Crippen LogP contribution in [0.25, 0.3) is 0 Å². The number of ether oxygens (including phenoxy) is 1. The van der Waals surface area contributed by atoms with Gasteiger partial charge in [-0.15, -0.1) is 0 Å². The Balaban J connectivity index is 1.34. The average molecular weight is 395 g/mol. The molecule has 2 heterocycles. The van der Waals surface area contributed by atoms with Crippen LogP contribution in [0.5, 0.6) is 0 Å². The van der Waals surface area contributed by atoms with E-state index in [1.165, 1.54) is 25.7 Å². The van der Waals surface area contributed by atoms with Crippen molar-refractivity contribution < 1.29 is 9.84 Å². The molecular formula is C22H42N4O2. The first-order valence-electron chi connectivity index (χ1n) is 11.8. The fourth-order valence-corrected chi connectivity index (χ4v) is 4.73. The second kappa shape index (κ2) is 12.0. The van der Waals surface area contributed by atoms with Crippen molar-refractivity contribution in [3.05, 3.63) is 0 Å². The molecule has 162 valence electrons. The molecule has 6 heteroatoms. The molecule has 3 fully saturated rings. The first-order valence-corrected chi connectivity index (χ1v) is 11.8. The number of rotatable bonds is 8. The van der Waals surface area contributed by atoms with E-state index < -0.39 is 0 Å². The zero-order valence-corrected chi connectivity index (χ0v) is 17.9. The normalized spacial score (nSPS) is 24.2. The van der Waals surface area contributed by atoms with Crippen molar-refractivity contribution in [2.45, 2.75) is 76.9 Å². The Morgan fingerprint density at radius 3 is 2.43 bits per heavy atom. The summed E-state index contributed by atoms with van der Waals surface area (Å²) in [5, 5.41) is 13.1. The predicted molar refractivity (Wildman–Crippen MR) is 115 cm³/mol. The van der Waals surface area contributed by atoms with E-state index in [-0.39, 0.29) is 6.10 Å². The van der Waals surface area contributed by atoms with Crippen molar-refractivity contribution in [2.24, 2.45) is 10.9 Å². The van der Waals surface area contributed by atoms with Gasteiger partial charge in [0.25, 0.3) is 0 Å². The lowest BCUT2D eigenvalue weighted by Gasteiger charge is -2.34. The van der Waals surface area contributed by atoms with E-state index in [0.717, 1.165) is 96.4 Å². The van der Waals surface area contributed by atoms with Crippen LogP contribution in [0.1, 0.15) is 64.7 Å². The standard InChI is InChI=1S/C22H42N4O2/c1-2-23-22(24-12-5-13-25-14-8-20(27)9-15-25)26-16-10-21(11-17-26)28-18-19-6-3-4-7-19/h19-21,27H,2-18H2,1H3,(H,23,24). The summed E-state index contributed by atoms with van der Waals surface area (Å²) in [5.74, 6) is 1.89. The van der Waals surface area contributed by atoms with Gasteiger partial charge in [0.2, 0.25) is 0 Å². The van der Waals surface area contributed by atoms with Gasteiger partial charge in [-0.05, 0) is 64.3 Å². The average Bonchev–Trinajstić information content (AvgIpc) is 3.24. The minimum atomic E-state index is -0.0836. The molecule has 0 spiro atoms. The van der Waals surface area contributed by atoms with Crippen molar-refractivity contribution in [1.82, 2.24) is 15.1 Å². The SMILES string of the molecule is CCNC(=NCCCN1CCC(O)CC1)N1CCC(OCC2CCCC2)CC1. The van der Waals surface area contributed by atoms with Crippen LogP contribution in [0.15, 0.2) is 4.99 Å². The van der Waals surface area contributed by atoms with Crippen LogP contribution in [0, 0.1) is 5.92 Å². The first-order chi connectivity index (χ1) is 13.7. The molecule has 1 aliphatic carbocycles. The van der Waals surface area contributed by atoms with E-state index in [4.69, 9.17) is 9.73 Å². The van der Waals surface area contributed by atoms with Gasteiger partial charge in [0.05, 0.1) is 12.2 Å². The van der Waals surface area contributed by atoms with Crippen LogP contribution < -0.4 is 5.32 Å². The van der Waals surface area contributed by atoms with Crippen molar-refractivity contribution in [3.8, 4) is 0 Å². The van der Waals surface area contributed by atoms with Gasteiger partial charge < -0.3 is 25.0 Å². The van der Waals surface area contributed by atoms with Crippen LogP contribution in [0.3, 0.4) is 0 Å². The van der Waals surface area contributed by atoms with Crippen molar-refractivity contribution >= 4 is 5.96 Å². The number of hydrogen-bond acceptors (Lipinski definition) is 4. The topological polar surface area (TPSA) is 60.3 Å². The number of piperidine rings is 2. The van der Waals surface area contributed by atoms with Gasteiger partial charge in [-0.1, -0.05) is 12.8 Å². The molecule has 2 N–H and O–H groups in total. The number of nitrogens with zero attached hydrogens (tertiary/aromatic N) is 3. The smallest absolute Gasteiger partial charge is 0.193 e. The van der Waals surface area contributed by atoms with Gasteiger partial charge in [-0.25, -0.2) is 0 Å². The Labute approximate surface area is 171 Å². The molecule has 0 aromatic heterocycles. The quantitative estimate of drug-likeness (QED) is 0.376. The largest absolute Gasteiger partial charge is 0.393 e. The Kier molecular flexibility index (Phi) is 9.35. The minimum Gasteiger partial charge on any atom is -0.393 e. The van der Waals surface area contributed by atoms with Gasteiger partial charge in [-0.3, -0.25) is 4.99 Å². The van der Waals surface area contributed by atoms with Crippen LogP contribution in [0.2, 0.25) is 0 Å². The third-order valence-corrected chi connectivity index (χ3v) is 6.57. The molecule has 6 nitrogen and oxygen atoms in total. The molecular weight excluding hydrogens is 352 g/mol. The van der Waals surface area contributed by atoms with Crippen LogP contribution in [-0.2, 0) is 4.74 Å². The van der Waals surface area contributed by atoms with Crippen molar-refractivity contribution in [2.75, 3.05) is 52.4 Å². The lowest BCUT2D eigenvalue weighted by atomic mass is 10.1. The highest BCUT2D eigenvalue weighted by Crippen LogP contribution is 2.26. The number of aliphatic hydroxyl groups is 1. The molecule has 2 aliphatic heterocycles. The summed E-state index contributed by atoms with van der Waals surface area (Å²) in [6, 6.07) is 0. The van der Waals surface area contributed by atoms with E-state index in [9.17, 15) is 5.11 Å². The molecule has 0 radical (unpaired) electrons. The van der Waals surface area contributed by atoms with E-state index in [1.807, 2.05) is 0 Å². The highest BCUT2D eigenvalue weighted by atomic mass is 16.5. The van der Waals surface area contributed by atoms with Gasteiger partial charge in [0.1, 0.15) is 0 Å². The third kappa shape index (κ3) is 7.20. The Bertz CT molecular complexity index is 451. The lowest BCUT2D eigenvalue weighted by molar-refractivity contribution is 0.00101. The molecule has 0 atom stereocenters. The number of likely N-dealkylation sites (tertiary alicyclic amines) is 2. The minimum absolute atomic E-state index is 0.0836. The summed E-state index contributed by atoms with van der Waals surface area (Å²) in [4.78, 5) is 9.76. The molecule has 3 rings (SSSR count). The Hall–Kier alpha value is -0.850. The lowest BCUT2D eigenvalue weighted by Crippen LogP contribution is -2.47. The Morgan fingerprint density at radius 2 is 1.75 bits per heavy atom. The van der Waals surface area contributed by atoms with Gasteiger partial charge in [0.15, 0.2) is 5.96 Å². The third-order valence-electron chi connectivity index (χ3n) is 6.57. The zero-order valence-electron chi connectivity index (χ0n) is 17.9. The molecule has 3 aliphatic rings. The molecule has 2 saturated heterocycles. The highest BCUT2D eigenvalue weighted by molar-refractivity contribution is 5.80. The molecule has 0 amide bonds. The van der Waals surface area contributed by atoms with Crippen molar-refractivity contribution in [3.63, 3.8) is 0 Å². The second-order valence-electron chi connectivity index (χ2n) is 8.83. The van der Waals surface area contributed by atoms with Gasteiger partial charge >= 0.3 is 0 Å². The van der Waals surface area contributed by atoms with Crippen LogP contribution in [-0.4, -0.2) is 85.5 Å². The monoisotopic (exact) mass is 394 g/mol. The summed E-state index contributed by atoms with van der Waals surface area (Å²) in [6.07, 6.45) is 11.1. The second-order valence-corrected chi connectivity index (χ2v) is 8.83. The Morgan fingerprint density at radius 1 is 1.04 bits per heavy atom. The maximum Gasteiger partial charge on any atom is 0.193 e. The van der Waals surface area contributed by atoms with E-state index in [0.29, 0.717) is 6.10 Å². The maximum atomic E-state index is 9.61. The first kappa shape index (κ1) is 21.8. The zero-order chi connectivity index (χ0) is 19.6. The maximum absolute atomic E-state index is 9.61. The number of aliphatic imine (C=N–C) groups is 1. The van der Waals surface area contributed by atoms with Gasteiger partial charge in [0, 0.05) is 45.9 Å². The summed E-state index contributed by atoms with van der Waals surface area (Å²) in [5.41, 5.74) is 0. The summed E-state index contributed by atoms with van der Waals surface area (Å²) < 4.78 is 6.22. The summed E-state index contributed by atoms with van der Waals surface area (Å²) in [7, 11) is 0. The number of nitrogens with one attached hydrogen (secondary N) is 1. The predicted octanol–water partition coefficient (Wildman–Crippen LogP) is 2.47. The molecule has 0 aromatic rings. The number of aliphatic hydroxyl groups excluding tert-OH is 1. The molecule has 0 aromatic carbocycles. The van der Waals surface area contributed by atoms with E-state index in [2.05, 4.69) is 22.0 Å². The summed E-state index contributed by atoms with van der Waals surface area (Å²) in [6.45, 7) is 10.2. The summed E-state index contributed by atoms with van der Waals surface area (Å²) >= 11 is 0. The van der Waals surface area contributed by atoms with Crippen LogP contribution in [0.4, 0.5) is 0 Å². The number of guanidine groups is 1. The molecule has 28 heavy (non-hydrogen) atoms. The molecule has 0 bridgehead atoms. The fourth-order valence-electron chi connectivity index (χ4n) is 4.73. The molecule has 1 saturated carbocycles. The highest BCUT2D eigenvalue weighted by Gasteiger charge is 2.24. The van der Waals surface area contributed by atoms with Crippen LogP contribution >= 0.6 is 0 Å². The van der Waals surface area contributed by atoms with E-state index in [1.54, 1.807) is 0 Å². The van der Waals surface area contributed by atoms with Gasteiger partial charge in [-0.2, -0.15) is 0 Å². The van der Waals surface area contributed by atoms with E-state index >= 15 is 0 Å². The fraction of sp³-hybridized carbons (Fsp3) is 0.955.